The van der Waals surface area contributed by atoms with E-state index in [0.29, 0.717) is 11.0 Å². The van der Waals surface area contributed by atoms with E-state index < -0.39 is 0 Å². The van der Waals surface area contributed by atoms with Gasteiger partial charge in [-0.25, -0.2) is 4.98 Å². The van der Waals surface area contributed by atoms with Gasteiger partial charge >= 0.3 is 0 Å². The molecule has 0 amide bonds. The fourth-order valence-corrected chi connectivity index (χ4v) is 3.16. The van der Waals surface area contributed by atoms with Crippen LogP contribution in [0, 0.1) is 13.8 Å². The van der Waals surface area contributed by atoms with Crippen LogP contribution < -0.4 is 10.6 Å². The summed E-state index contributed by atoms with van der Waals surface area (Å²) < 4.78 is 0. The van der Waals surface area contributed by atoms with Crippen LogP contribution in [0.4, 0.5) is 17.5 Å². The van der Waals surface area contributed by atoms with Crippen molar-refractivity contribution in [3.8, 4) is 0 Å². The van der Waals surface area contributed by atoms with Crippen LogP contribution >= 0.6 is 22.9 Å². The number of nitrogens with zero attached hydrogens (tertiary/aromatic N) is 2. The first-order valence-corrected chi connectivity index (χ1v) is 7.75. The molecule has 2 aromatic heterocycles. The second-order valence-corrected chi connectivity index (χ2v) is 6.47. The number of rotatable bonds is 3. The zero-order valence-electron chi connectivity index (χ0n) is 12.0. The molecule has 0 radical (unpaired) electrons. The van der Waals surface area contributed by atoms with Crippen molar-refractivity contribution in [1.82, 2.24) is 9.97 Å². The largest absolute Gasteiger partial charge is 0.357 e. The highest BCUT2D eigenvalue weighted by atomic mass is 35.5. The van der Waals surface area contributed by atoms with Crippen molar-refractivity contribution in [3.63, 3.8) is 0 Å². The molecule has 0 aliphatic heterocycles. The second kappa shape index (κ2) is 5.50. The third-order valence-electron chi connectivity index (χ3n) is 3.11. The average molecular weight is 319 g/mol. The maximum Gasteiger partial charge on any atom is 0.225 e. The summed E-state index contributed by atoms with van der Waals surface area (Å²) in [5, 5.41) is 8.00. The molecule has 0 aliphatic rings. The van der Waals surface area contributed by atoms with E-state index in [0.717, 1.165) is 27.3 Å². The predicted octanol–water partition coefficient (Wildman–Crippen LogP) is 4.75. The summed E-state index contributed by atoms with van der Waals surface area (Å²) in [7, 11) is 1.81. The van der Waals surface area contributed by atoms with Crippen LogP contribution in [0.2, 0.25) is 5.02 Å². The molecule has 0 unspecified atom stereocenters. The summed E-state index contributed by atoms with van der Waals surface area (Å²) in [6.45, 7) is 4.10. The molecule has 0 bridgehead atoms. The molecule has 3 rings (SSSR count). The lowest BCUT2D eigenvalue weighted by atomic mass is 10.2. The third-order valence-corrected chi connectivity index (χ3v) is 4.39. The molecule has 2 heterocycles. The number of hydrogen-bond donors (Lipinski definition) is 2. The van der Waals surface area contributed by atoms with Gasteiger partial charge in [0.25, 0.3) is 0 Å². The van der Waals surface area contributed by atoms with Crippen molar-refractivity contribution in [3.05, 3.63) is 39.7 Å². The van der Waals surface area contributed by atoms with E-state index in [1.54, 1.807) is 11.3 Å². The van der Waals surface area contributed by atoms with E-state index in [1.807, 2.05) is 32.2 Å². The van der Waals surface area contributed by atoms with E-state index in [1.165, 1.54) is 4.88 Å². The number of halogens is 1. The Morgan fingerprint density at radius 2 is 1.95 bits per heavy atom. The Hall–Kier alpha value is -1.85. The quantitative estimate of drug-likeness (QED) is 0.732. The van der Waals surface area contributed by atoms with Crippen LogP contribution in [-0.4, -0.2) is 17.0 Å². The molecular formula is C15H15ClN4S. The Morgan fingerprint density at radius 1 is 1.14 bits per heavy atom. The molecule has 2 N–H and O–H groups in total. The minimum Gasteiger partial charge on any atom is -0.357 e. The molecule has 108 valence electrons. The highest BCUT2D eigenvalue weighted by molar-refractivity contribution is 7.18. The summed E-state index contributed by atoms with van der Waals surface area (Å²) >= 11 is 7.91. The average Bonchev–Trinajstić information content (AvgIpc) is 2.83. The number of nitrogens with one attached hydrogen (secondary N) is 2. The number of hydrogen-bond acceptors (Lipinski definition) is 5. The van der Waals surface area contributed by atoms with Gasteiger partial charge in [0, 0.05) is 11.9 Å². The zero-order chi connectivity index (χ0) is 15.0. The number of benzene rings is 1. The number of anilines is 3. The Bertz CT molecular complexity index is 813. The normalized spacial score (nSPS) is 10.9. The first-order chi connectivity index (χ1) is 10.1. The van der Waals surface area contributed by atoms with E-state index in [2.05, 4.69) is 33.6 Å². The fraction of sp³-hybridized carbons (Fsp3) is 0.200. The summed E-state index contributed by atoms with van der Waals surface area (Å²) in [6.07, 6.45) is 0. The van der Waals surface area contributed by atoms with Crippen molar-refractivity contribution < 1.29 is 0 Å². The maximum atomic E-state index is 6.26. The maximum absolute atomic E-state index is 6.26. The van der Waals surface area contributed by atoms with Gasteiger partial charge in [0.1, 0.15) is 10.6 Å². The molecule has 0 aliphatic carbocycles. The molecule has 1 aromatic carbocycles. The number of aryl methyl sites for hydroxylation is 2. The Labute approximate surface area is 132 Å². The molecule has 0 atom stereocenters. The van der Waals surface area contributed by atoms with Crippen molar-refractivity contribution >= 4 is 50.6 Å². The third kappa shape index (κ3) is 2.80. The summed E-state index contributed by atoms with van der Waals surface area (Å²) in [6, 6.07) is 7.96. The SMILES string of the molecule is CNc1nc(Nc2cc(C)ccc2Cl)c2cc(C)sc2n1. The van der Waals surface area contributed by atoms with Crippen molar-refractivity contribution in [1.29, 1.82) is 0 Å². The number of aromatic nitrogens is 2. The molecule has 3 aromatic rings. The van der Waals surface area contributed by atoms with Gasteiger partial charge in [-0.1, -0.05) is 17.7 Å². The molecule has 6 heteroatoms. The van der Waals surface area contributed by atoms with E-state index >= 15 is 0 Å². The summed E-state index contributed by atoms with van der Waals surface area (Å²) in [5.74, 6) is 1.36. The highest BCUT2D eigenvalue weighted by Crippen LogP contribution is 2.33. The smallest absolute Gasteiger partial charge is 0.225 e. The summed E-state index contributed by atoms with van der Waals surface area (Å²) in [4.78, 5) is 11.2. The Morgan fingerprint density at radius 3 is 2.71 bits per heavy atom. The fourth-order valence-electron chi connectivity index (χ4n) is 2.11. The van der Waals surface area contributed by atoms with Crippen molar-refractivity contribution in [2.75, 3.05) is 17.7 Å². The van der Waals surface area contributed by atoms with Gasteiger partial charge in [0.05, 0.1) is 16.1 Å². The van der Waals surface area contributed by atoms with Crippen molar-refractivity contribution in [2.24, 2.45) is 0 Å². The van der Waals surface area contributed by atoms with Gasteiger partial charge in [-0.2, -0.15) is 4.98 Å². The number of fused-ring (bicyclic) bond motifs is 1. The highest BCUT2D eigenvalue weighted by Gasteiger charge is 2.11. The van der Waals surface area contributed by atoms with Gasteiger partial charge in [0.15, 0.2) is 0 Å². The lowest BCUT2D eigenvalue weighted by molar-refractivity contribution is 1.20. The van der Waals surface area contributed by atoms with Gasteiger partial charge in [-0.05, 0) is 37.6 Å². The van der Waals surface area contributed by atoms with Gasteiger partial charge < -0.3 is 10.6 Å². The lowest BCUT2D eigenvalue weighted by Crippen LogP contribution is -2.01. The van der Waals surface area contributed by atoms with Crippen LogP contribution in [0.25, 0.3) is 10.2 Å². The summed E-state index contributed by atoms with van der Waals surface area (Å²) in [5.41, 5.74) is 1.99. The number of thiophene rings is 1. The van der Waals surface area contributed by atoms with E-state index in [-0.39, 0.29) is 0 Å². The van der Waals surface area contributed by atoms with Gasteiger partial charge in [-0.3, -0.25) is 0 Å². The standard InChI is InChI=1S/C15H15ClN4S/c1-8-4-5-11(16)12(6-8)18-13-10-7-9(2)21-14(10)20-15(17-3)19-13/h4-7H,1-3H3,(H2,17,18,19,20). The predicted molar refractivity (Wildman–Crippen MR) is 91.2 cm³/mol. The van der Waals surface area contributed by atoms with Crippen LogP contribution in [0.15, 0.2) is 24.3 Å². The first kappa shape index (κ1) is 14.1. The van der Waals surface area contributed by atoms with Gasteiger partial charge in [-0.15, -0.1) is 11.3 Å². The Balaban J connectivity index is 2.12. The molecule has 0 fully saturated rings. The first-order valence-electron chi connectivity index (χ1n) is 6.56. The van der Waals surface area contributed by atoms with E-state index in [9.17, 15) is 0 Å². The monoisotopic (exact) mass is 318 g/mol. The Kier molecular flexibility index (Phi) is 3.69. The van der Waals surface area contributed by atoms with Crippen LogP contribution in [0.3, 0.4) is 0 Å². The van der Waals surface area contributed by atoms with Crippen LogP contribution in [-0.2, 0) is 0 Å². The molecule has 0 saturated heterocycles. The van der Waals surface area contributed by atoms with Gasteiger partial charge in [0.2, 0.25) is 5.95 Å². The van der Waals surface area contributed by atoms with E-state index in [4.69, 9.17) is 11.6 Å². The molecule has 21 heavy (non-hydrogen) atoms. The molecule has 4 nitrogen and oxygen atoms in total. The zero-order valence-corrected chi connectivity index (χ0v) is 13.6. The van der Waals surface area contributed by atoms with Crippen LogP contribution in [0.5, 0.6) is 0 Å². The lowest BCUT2D eigenvalue weighted by Gasteiger charge is -2.10. The molecule has 0 saturated carbocycles. The topological polar surface area (TPSA) is 49.8 Å². The minimum absolute atomic E-state index is 0.593. The minimum atomic E-state index is 0.593. The molecule has 0 spiro atoms. The molecular weight excluding hydrogens is 304 g/mol. The van der Waals surface area contributed by atoms with Crippen LogP contribution in [0.1, 0.15) is 10.4 Å². The second-order valence-electron chi connectivity index (χ2n) is 4.83. The van der Waals surface area contributed by atoms with Crippen molar-refractivity contribution in [2.45, 2.75) is 13.8 Å².